The van der Waals surface area contributed by atoms with Gasteiger partial charge >= 0.3 is 0 Å². The minimum Gasteiger partial charge on any atom is -0.370 e. The van der Waals surface area contributed by atoms with Crippen molar-refractivity contribution in [3.05, 3.63) is 53.2 Å². The first kappa shape index (κ1) is 13.2. The minimum absolute atomic E-state index is 0.825. The van der Waals surface area contributed by atoms with Crippen molar-refractivity contribution in [1.82, 2.24) is 4.98 Å². The van der Waals surface area contributed by atoms with Gasteiger partial charge in [0.25, 0.3) is 0 Å². The minimum atomic E-state index is 0.825. The Hall–Kier alpha value is -1.19. The molecular formula is C14H15ClN2S. The van der Waals surface area contributed by atoms with Gasteiger partial charge in [0.1, 0.15) is 5.82 Å². The first-order valence-corrected chi connectivity index (χ1v) is 7.22. The topological polar surface area (TPSA) is 24.9 Å². The SMILES string of the molecule is CCNc1cc(SCc2ccccc2Cl)ccn1. The molecule has 4 heteroatoms. The van der Waals surface area contributed by atoms with Gasteiger partial charge in [0.2, 0.25) is 0 Å². The second-order valence-corrected chi connectivity index (χ2v) is 5.24. The average Bonchev–Trinajstić information content (AvgIpc) is 2.39. The number of thioether (sulfide) groups is 1. The molecule has 0 saturated heterocycles. The molecule has 0 radical (unpaired) electrons. The van der Waals surface area contributed by atoms with Gasteiger partial charge in [0, 0.05) is 28.4 Å². The smallest absolute Gasteiger partial charge is 0.126 e. The van der Waals surface area contributed by atoms with E-state index in [1.807, 2.05) is 30.5 Å². The lowest BCUT2D eigenvalue weighted by atomic mass is 10.2. The van der Waals surface area contributed by atoms with Crippen LogP contribution in [-0.4, -0.2) is 11.5 Å². The molecule has 0 fully saturated rings. The van der Waals surface area contributed by atoms with Crippen LogP contribution in [0.4, 0.5) is 5.82 Å². The lowest BCUT2D eigenvalue weighted by Gasteiger charge is -2.06. The van der Waals surface area contributed by atoms with Gasteiger partial charge in [-0.3, -0.25) is 0 Å². The molecule has 0 aliphatic heterocycles. The van der Waals surface area contributed by atoms with Crippen LogP contribution in [0.1, 0.15) is 12.5 Å². The van der Waals surface area contributed by atoms with Crippen LogP contribution in [0.3, 0.4) is 0 Å². The van der Waals surface area contributed by atoms with E-state index in [1.54, 1.807) is 11.8 Å². The van der Waals surface area contributed by atoms with Crippen molar-refractivity contribution in [3.8, 4) is 0 Å². The zero-order valence-corrected chi connectivity index (χ0v) is 11.8. The highest BCUT2D eigenvalue weighted by Gasteiger charge is 2.01. The number of hydrogen-bond acceptors (Lipinski definition) is 3. The summed E-state index contributed by atoms with van der Waals surface area (Å²) in [4.78, 5) is 5.45. The van der Waals surface area contributed by atoms with Crippen LogP contribution in [-0.2, 0) is 5.75 Å². The van der Waals surface area contributed by atoms with Crippen molar-refractivity contribution in [3.63, 3.8) is 0 Å². The maximum absolute atomic E-state index is 6.13. The molecule has 18 heavy (non-hydrogen) atoms. The van der Waals surface area contributed by atoms with Crippen LogP contribution in [0, 0.1) is 0 Å². The van der Waals surface area contributed by atoms with E-state index in [4.69, 9.17) is 11.6 Å². The highest BCUT2D eigenvalue weighted by molar-refractivity contribution is 7.98. The largest absolute Gasteiger partial charge is 0.370 e. The molecular weight excluding hydrogens is 264 g/mol. The quantitative estimate of drug-likeness (QED) is 0.818. The summed E-state index contributed by atoms with van der Waals surface area (Å²) in [7, 11) is 0. The van der Waals surface area contributed by atoms with Crippen molar-refractivity contribution in [2.75, 3.05) is 11.9 Å². The molecule has 2 aromatic rings. The number of aromatic nitrogens is 1. The Labute approximate surface area is 117 Å². The van der Waals surface area contributed by atoms with Gasteiger partial charge in [-0.15, -0.1) is 11.8 Å². The fraction of sp³-hybridized carbons (Fsp3) is 0.214. The van der Waals surface area contributed by atoms with Gasteiger partial charge in [0.15, 0.2) is 0 Å². The average molecular weight is 279 g/mol. The molecule has 0 unspecified atom stereocenters. The van der Waals surface area contributed by atoms with Crippen LogP contribution < -0.4 is 5.32 Å². The van der Waals surface area contributed by atoms with E-state index in [1.165, 1.54) is 4.90 Å². The first-order chi connectivity index (χ1) is 8.79. The molecule has 94 valence electrons. The zero-order valence-electron chi connectivity index (χ0n) is 10.2. The monoisotopic (exact) mass is 278 g/mol. The molecule has 0 bridgehead atoms. The Bertz CT molecular complexity index is 517. The van der Waals surface area contributed by atoms with E-state index in [0.29, 0.717) is 0 Å². The molecule has 1 heterocycles. The van der Waals surface area contributed by atoms with Gasteiger partial charge in [-0.2, -0.15) is 0 Å². The van der Waals surface area contributed by atoms with E-state index < -0.39 is 0 Å². The molecule has 2 rings (SSSR count). The molecule has 0 atom stereocenters. The van der Waals surface area contributed by atoms with Gasteiger partial charge in [0.05, 0.1) is 0 Å². The second kappa shape index (κ2) is 6.66. The summed E-state index contributed by atoms with van der Waals surface area (Å²) < 4.78 is 0. The van der Waals surface area contributed by atoms with Gasteiger partial charge < -0.3 is 5.32 Å². The summed E-state index contributed by atoms with van der Waals surface area (Å²) in [6, 6.07) is 12.0. The molecule has 0 spiro atoms. The van der Waals surface area contributed by atoms with Crippen molar-refractivity contribution < 1.29 is 0 Å². The fourth-order valence-electron chi connectivity index (χ4n) is 1.56. The molecule has 0 saturated carbocycles. The normalized spacial score (nSPS) is 10.3. The molecule has 1 N–H and O–H groups in total. The predicted octanol–water partition coefficient (Wildman–Crippen LogP) is 4.46. The third-order valence-corrected chi connectivity index (χ3v) is 3.85. The molecule has 0 amide bonds. The first-order valence-electron chi connectivity index (χ1n) is 5.85. The lowest BCUT2D eigenvalue weighted by molar-refractivity contribution is 1.14. The summed E-state index contributed by atoms with van der Waals surface area (Å²) in [5.74, 6) is 1.79. The molecule has 1 aromatic carbocycles. The van der Waals surface area contributed by atoms with E-state index >= 15 is 0 Å². The number of nitrogens with zero attached hydrogens (tertiary/aromatic N) is 1. The standard InChI is InChI=1S/C14H15ClN2S/c1-2-16-14-9-12(7-8-17-14)18-10-11-5-3-4-6-13(11)15/h3-9H,2,10H2,1H3,(H,16,17). The van der Waals surface area contributed by atoms with Gasteiger partial charge in [-0.25, -0.2) is 4.98 Å². The summed E-state index contributed by atoms with van der Waals surface area (Å²) in [5.41, 5.74) is 1.16. The van der Waals surface area contributed by atoms with E-state index in [-0.39, 0.29) is 0 Å². The van der Waals surface area contributed by atoms with Crippen LogP contribution >= 0.6 is 23.4 Å². The van der Waals surface area contributed by atoms with Crippen molar-refractivity contribution in [2.45, 2.75) is 17.6 Å². The Morgan fingerprint density at radius 3 is 2.89 bits per heavy atom. The number of nitrogens with one attached hydrogen (secondary N) is 1. The second-order valence-electron chi connectivity index (χ2n) is 3.79. The van der Waals surface area contributed by atoms with Crippen LogP contribution in [0.2, 0.25) is 5.02 Å². The van der Waals surface area contributed by atoms with E-state index in [9.17, 15) is 0 Å². The van der Waals surface area contributed by atoms with Gasteiger partial charge in [-0.05, 0) is 30.7 Å². The number of hydrogen-bond donors (Lipinski definition) is 1. The molecule has 0 aliphatic rings. The summed E-state index contributed by atoms with van der Waals surface area (Å²) in [6.07, 6.45) is 1.83. The molecule has 0 aliphatic carbocycles. The fourth-order valence-corrected chi connectivity index (χ4v) is 2.76. The van der Waals surface area contributed by atoms with Crippen LogP contribution in [0.15, 0.2) is 47.5 Å². The number of rotatable bonds is 5. The third kappa shape index (κ3) is 3.65. The highest BCUT2D eigenvalue weighted by Crippen LogP contribution is 2.27. The number of halogens is 1. The Balaban J connectivity index is 2.02. The summed E-state index contributed by atoms with van der Waals surface area (Å²) in [6.45, 7) is 2.94. The van der Waals surface area contributed by atoms with Crippen molar-refractivity contribution >= 4 is 29.2 Å². The Morgan fingerprint density at radius 2 is 2.11 bits per heavy atom. The lowest BCUT2D eigenvalue weighted by Crippen LogP contribution is -1.98. The summed E-state index contributed by atoms with van der Waals surface area (Å²) in [5, 5.41) is 4.03. The predicted molar refractivity (Wildman–Crippen MR) is 79.4 cm³/mol. The highest BCUT2D eigenvalue weighted by atomic mass is 35.5. The third-order valence-electron chi connectivity index (χ3n) is 2.44. The Morgan fingerprint density at radius 1 is 1.28 bits per heavy atom. The van der Waals surface area contributed by atoms with Crippen molar-refractivity contribution in [2.24, 2.45) is 0 Å². The maximum atomic E-state index is 6.13. The van der Waals surface area contributed by atoms with E-state index in [0.717, 1.165) is 28.7 Å². The Kier molecular flexibility index (Phi) is 4.90. The van der Waals surface area contributed by atoms with E-state index in [2.05, 4.69) is 29.4 Å². The van der Waals surface area contributed by atoms with Gasteiger partial charge in [-0.1, -0.05) is 29.8 Å². The molecule has 1 aromatic heterocycles. The number of benzene rings is 1. The maximum Gasteiger partial charge on any atom is 0.126 e. The van der Waals surface area contributed by atoms with Crippen molar-refractivity contribution in [1.29, 1.82) is 0 Å². The summed E-state index contributed by atoms with van der Waals surface area (Å²) >= 11 is 7.90. The zero-order chi connectivity index (χ0) is 12.8. The van der Waals surface area contributed by atoms with Crippen LogP contribution in [0.25, 0.3) is 0 Å². The van der Waals surface area contributed by atoms with Crippen LogP contribution in [0.5, 0.6) is 0 Å². The number of pyridine rings is 1. The number of anilines is 1. The molecule has 2 nitrogen and oxygen atoms in total.